The van der Waals surface area contributed by atoms with Crippen molar-refractivity contribution in [3.05, 3.63) is 0 Å². The summed E-state index contributed by atoms with van der Waals surface area (Å²) in [6.07, 6.45) is 2.81. The molecule has 1 unspecified atom stereocenters. The molecule has 1 atom stereocenters. The molecule has 0 bridgehead atoms. The van der Waals surface area contributed by atoms with Crippen molar-refractivity contribution in [2.45, 2.75) is 25.9 Å². The van der Waals surface area contributed by atoms with E-state index in [0.29, 0.717) is 6.17 Å². The van der Waals surface area contributed by atoms with Crippen LogP contribution in [0, 0.1) is 0 Å². The minimum atomic E-state index is 0.384. The van der Waals surface area contributed by atoms with Gasteiger partial charge in [0, 0.05) is 6.54 Å². The van der Waals surface area contributed by atoms with Gasteiger partial charge in [-0.3, -0.25) is 4.90 Å². The van der Waals surface area contributed by atoms with E-state index in [4.69, 9.17) is 5.73 Å². The van der Waals surface area contributed by atoms with E-state index in [9.17, 15) is 0 Å². The lowest BCUT2D eigenvalue weighted by atomic mass is 10.1. The molecule has 0 aromatic carbocycles. The van der Waals surface area contributed by atoms with Crippen LogP contribution in [0.4, 0.5) is 0 Å². The zero-order valence-electron chi connectivity index (χ0n) is 5.43. The smallest absolute Gasteiger partial charge is 0.0584 e. The quantitative estimate of drug-likeness (QED) is 0.562. The minimum Gasteiger partial charge on any atom is -0.316 e. The molecule has 1 saturated heterocycles. The van der Waals surface area contributed by atoms with Crippen molar-refractivity contribution in [3.63, 3.8) is 0 Å². The molecular formula is C6H14N2. The van der Waals surface area contributed by atoms with Gasteiger partial charge in [0.15, 0.2) is 0 Å². The predicted molar refractivity (Wildman–Crippen MR) is 34.5 cm³/mol. The lowest BCUT2D eigenvalue weighted by Gasteiger charge is -2.37. The van der Waals surface area contributed by atoms with Crippen molar-refractivity contribution in [3.8, 4) is 0 Å². The molecule has 0 spiro atoms. The van der Waals surface area contributed by atoms with Crippen LogP contribution >= 0.6 is 0 Å². The Balaban J connectivity index is 2.08. The van der Waals surface area contributed by atoms with Crippen molar-refractivity contribution in [2.24, 2.45) is 5.73 Å². The van der Waals surface area contributed by atoms with Gasteiger partial charge in [-0.1, -0.05) is 6.92 Å². The summed E-state index contributed by atoms with van der Waals surface area (Å²) in [4.78, 5) is 2.31. The lowest BCUT2D eigenvalue weighted by Crippen LogP contribution is -2.53. The highest BCUT2D eigenvalue weighted by Crippen LogP contribution is 2.10. The third kappa shape index (κ3) is 1.01. The van der Waals surface area contributed by atoms with E-state index < -0.39 is 0 Å². The molecule has 2 heteroatoms. The first-order valence-corrected chi connectivity index (χ1v) is 3.34. The van der Waals surface area contributed by atoms with E-state index in [1.54, 1.807) is 0 Å². The number of hydrogen-bond donors (Lipinski definition) is 1. The second-order valence-electron chi connectivity index (χ2n) is 2.39. The van der Waals surface area contributed by atoms with Gasteiger partial charge in [-0.05, 0) is 19.4 Å². The first-order valence-electron chi connectivity index (χ1n) is 3.34. The SMILES string of the molecule is CCCN1CCC1N. The average molecular weight is 114 g/mol. The molecule has 0 aliphatic carbocycles. The standard InChI is InChI=1S/C6H14N2/c1-2-4-8-5-3-6(8)7/h6H,2-5,7H2,1H3. The summed E-state index contributed by atoms with van der Waals surface area (Å²) >= 11 is 0. The molecule has 0 aromatic heterocycles. The van der Waals surface area contributed by atoms with Crippen molar-refractivity contribution in [1.82, 2.24) is 4.90 Å². The minimum absolute atomic E-state index is 0.384. The highest BCUT2D eigenvalue weighted by Gasteiger charge is 2.21. The second kappa shape index (κ2) is 2.46. The molecule has 8 heavy (non-hydrogen) atoms. The summed E-state index contributed by atoms with van der Waals surface area (Å²) < 4.78 is 0. The maximum atomic E-state index is 5.63. The predicted octanol–water partition coefficient (Wildman–Crippen LogP) is 0.387. The lowest BCUT2D eigenvalue weighted by molar-refractivity contribution is 0.0960. The van der Waals surface area contributed by atoms with E-state index in [1.807, 2.05) is 0 Å². The van der Waals surface area contributed by atoms with Crippen LogP contribution in [0.3, 0.4) is 0 Å². The van der Waals surface area contributed by atoms with Crippen molar-refractivity contribution in [2.75, 3.05) is 13.1 Å². The van der Waals surface area contributed by atoms with E-state index >= 15 is 0 Å². The van der Waals surface area contributed by atoms with Gasteiger partial charge in [-0.2, -0.15) is 0 Å². The van der Waals surface area contributed by atoms with Crippen LogP contribution in [-0.2, 0) is 0 Å². The van der Waals surface area contributed by atoms with Crippen LogP contribution in [0.15, 0.2) is 0 Å². The number of rotatable bonds is 2. The van der Waals surface area contributed by atoms with Gasteiger partial charge in [0.2, 0.25) is 0 Å². The monoisotopic (exact) mass is 114 g/mol. The molecule has 0 saturated carbocycles. The van der Waals surface area contributed by atoms with Gasteiger partial charge in [0.1, 0.15) is 0 Å². The van der Waals surface area contributed by atoms with Crippen LogP contribution in [0.2, 0.25) is 0 Å². The summed E-state index contributed by atoms with van der Waals surface area (Å²) in [5.41, 5.74) is 5.63. The van der Waals surface area contributed by atoms with E-state index in [2.05, 4.69) is 11.8 Å². The Kier molecular flexibility index (Phi) is 1.86. The number of likely N-dealkylation sites (tertiary alicyclic amines) is 1. The largest absolute Gasteiger partial charge is 0.316 e. The molecule has 1 aliphatic rings. The van der Waals surface area contributed by atoms with Crippen molar-refractivity contribution < 1.29 is 0 Å². The second-order valence-corrected chi connectivity index (χ2v) is 2.39. The third-order valence-electron chi connectivity index (χ3n) is 1.69. The molecule has 1 rings (SSSR count). The van der Waals surface area contributed by atoms with Gasteiger partial charge < -0.3 is 5.73 Å². The van der Waals surface area contributed by atoms with Crippen molar-refractivity contribution >= 4 is 0 Å². The first kappa shape index (κ1) is 6.05. The zero-order chi connectivity index (χ0) is 5.98. The summed E-state index contributed by atoms with van der Waals surface area (Å²) in [5, 5.41) is 0. The van der Waals surface area contributed by atoms with Crippen LogP contribution in [-0.4, -0.2) is 24.2 Å². The maximum absolute atomic E-state index is 5.63. The highest BCUT2D eigenvalue weighted by atomic mass is 15.3. The number of hydrogen-bond acceptors (Lipinski definition) is 2. The molecule has 0 radical (unpaired) electrons. The van der Waals surface area contributed by atoms with E-state index in [-0.39, 0.29) is 0 Å². The number of nitrogens with zero attached hydrogens (tertiary/aromatic N) is 1. The Hall–Kier alpha value is -0.0800. The first-order chi connectivity index (χ1) is 3.84. The van der Waals surface area contributed by atoms with E-state index in [1.165, 1.54) is 25.9 Å². The fraction of sp³-hybridized carbons (Fsp3) is 1.00. The molecule has 1 heterocycles. The van der Waals surface area contributed by atoms with Gasteiger partial charge in [-0.25, -0.2) is 0 Å². The normalized spacial score (nSPS) is 30.0. The summed E-state index contributed by atoms with van der Waals surface area (Å²) in [5.74, 6) is 0. The fourth-order valence-corrected chi connectivity index (χ4v) is 1.03. The molecular weight excluding hydrogens is 100 g/mol. The molecule has 1 fully saturated rings. The molecule has 0 amide bonds. The Labute approximate surface area is 50.7 Å². The Bertz CT molecular complexity index is 72.9. The topological polar surface area (TPSA) is 29.3 Å². The zero-order valence-corrected chi connectivity index (χ0v) is 5.43. The molecule has 0 aromatic rings. The number of nitrogens with two attached hydrogens (primary N) is 1. The summed E-state index contributed by atoms with van der Waals surface area (Å²) in [6.45, 7) is 4.58. The van der Waals surface area contributed by atoms with Crippen LogP contribution < -0.4 is 5.73 Å². The molecule has 2 nitrogen and oxygen atoms in total. The van der Waals surface area contributed by atoms with E-state index in [0.717, 1.165) is 0 Å². The third-order valence-corrected chi connectivity index (χ3v) is 1.69. The maximum Gasteiger partial charge on any atom is 0.0584 e. The Morgan fingerprint density at radius 1 is 1.75 bits per heavy atom. The summed E-state index contributed by atoms with van der Waals surface area (Å²) in [7, 11) is 0. The Morgan fingerprint density at radius 3 is 2.62 bits per heavy atom. The molecule has 48 valence electrons. The van der Waals surface area contributed by atoms with Crippen LogP contribution in [0.1, 0.15) is 19.8 Å². The Morgan fingerprint density at radius 2 is 2.50 bits per heavy atom. The average Bonchev–Trinajstić information content (AvgIpc) is 1.79. The van der Waals surface area contributed by atoms with Gasteiger partial charge in [-0.15, -0.1) is 0 Å². The van der Waals surface area contributed by atoms with Gasteiger partial charge >= 0.3 is 0 Å². The van der Waals surface area contributed by atoms with Crippen molar-refractivity contribution in [1.29, 1.82) is 0 Å². The molecule has 1 aliphatic heterocycles. The fourth-order valence-electron chi connectivity index (χ4n) is 1.03. The van der Waals surface area contributed by atoms with Crippen LogP contribution in [0.25, 0.3) is 0 Å². The highest BCUT2D eigenvalue weighted by molar-refractivity contribution is 4.76. The molecule has 2 N–H and O–H groups in total. The summed E-state index contributed by atoms with van der Waals surface area (Å²) in [6, 6.07) is 0. The van der Waals surface area contributed by atoms with Crippen LogP contribution in [0.5, 0.6) is 0 Å². The van der Waals surface area contributed by atoms with Gasteiger partial charge in [0.05, 0.1) is 6.17 Å². The van der Waals surface area contributed by atoms with Gasteiger partial charge in [0.25, 0.3) is 0 Å².